The Bertz CT molecular complexity index is 1230. The third-order valence-corrected chi connectivity index (χ3v) is 15.9. The third-order valence-electron chi connectivity index (χ3n) is 15.9. The van der Waals surface area contributed by atoms with Crippen molar-refractivity contribution < 1.29 is 24.5 Å². The van der Waals surface area contributed by atoms with Crippen molar-refractivity contribution in [3.05, 3.63) is 36.5 Å². The van der Waals surface area contributed by atoms with E-state index in [1.165, 1.54) is 289 Å². The number of amides is 1. The first-order valence-electron chi connectivity index (χ1n) is 34.2. The zero-order valence-electron chi connectivity index (χ0n) is 51.3. The molecule has 1 amide bonds. The topological polar surface area (TPSA) is 95.9 Å². The molecule has 0 saturated heterocycles. The van der Waals surface area contributed by atoms with Crippen molar-refractivity contribution in [1.29, 1.82) is 0 Å². The van der Waals surface area contributed by atoms with Gasteiger partial charge in [-0.25, -0.2) is 0 Å². The highest BCUT2D eigenvalue weighted by Gasteiger charge is 2.20. The van der Waals surface area contributed by atoms with Crippen LogP contribution in [0.15, 0.2) is 36.5 Å². The number of carbonyl (C=O) groups excluding carboxylic acids is 2. The Hall–Kier alpha value is -1.92. The molecule has 0 aromatic heterocycles. The quantitative estimate of drug-likeness (QED) is 0.0320. The van der Waals surface area contributed by atoms with Gasteiger partial charge in [-0.2, -0.15) is 0 Å². The molecule has 6 heteroatoms. The fraction of sp³-hybridized carbons (Fsp3) is 0.886. The molecule has 6 nitrogen and oxygen atoms in total. The van der Waals surface area contributed by atoms with Gasteiger partial charge in [0.25, 0.3) is 0 Å². The van der Waals surface area contributed by atoms with Gasteiger partial charge in [-0.3, -0.25) is 9.59 Å². The van der Waals surface area contributed by atoms with Crippen LogP contribution in [0.25, 0.3) is 0 Å². The van der Waals surface area contributed by atoms with Gasteiger partial charge in [-0.1, -0.05) is 314 Å². The average molecular weight is 1070 g/mol. The van der Waals surface area contributed by atoms with E-state index >= 15 is 0 Å². The number of aliphatic hydroxyl groups excluding tert-OH is 2. The zero-order valence-corrected chi connectivity index (χ0v) is 51.3. The van der Waals surface area contributed by atoms with Crippen molar-refractivity contribution in [2.75, 3.05) is 13.2 Å². The molecule has 0 aliphatic carbocycles. The Morgan fingerprint density at radius 3 is 1.04 bits per heavy atom. The molecule has 0 rings (SSSR count). The first-order valence-corrected chi connectivity index (χ1v) is 34.2. The predicted molar refractivity (Wildman–Crippen MR) is 333 cm³/mol. The van der Waals surface area contributed by atoms with Crippen molar-refractivity contribution >= 4 is 11.9 Å². The highest BCUT2D eigenvalue weighted by atomic mass is 16.5. The highest BCUT2D eigenvalue weighted by Crippen LogP contribution is 2.18. The number of ether oxygens (including phenoxy) is 1. The maximum atomic E-state index is 12.5. The van der Waals surface area contributed by atoms with Gasteiger partial charge in [0.05, 0.1) is 25.4 Å². The molecule has 2 atom stereocenters. The van der Waals surface area contributed by atoms with Crippen LogP contribution in [0.4, 0.5) is 0 Å². The Kier molecular flexibility index (Phi) is 63.9. The van der Waals surface area contributed by atoms with Gasteiger partial charge < -0.3 is 20.3 Å². The summed E-state index contributed by atoms with van der Waals surface area (Å²) in [6.45, 7) is 4.94. The normalized spacial score (nSPS) is 12.7. The van der Waals surface area contributed by atoms with Gasteiger partial charge in [0, 0.05) is 12.8 Å². The molecule has 0 fully saturated rings. The minimum atomic E-state index is -0.671. The summed E-state index contributed by atoms with van der Waals surface area (Å²) in [6.07, 6.45) is 83.2. The number of unbranched alkanes of at least 4 members (excludes halogenated alkanes) is 47. The van der Waals surface area contributed by atoms with Crippen molar-refractivity contribution in [3.63, 3.8) is 0 Å². The number of allylic oxidation sites excluding steroid dienone is 6. The number of hydrogen-bond acceptors (Lipinski definition) is 5. The fourth-order valence-corrected chi connectivity index (χ4v) is 10.7. The summed E-state index contributed by atoms with van der Waals surface area (Å²) < 4.78 is 5.48. The summed E-state index contributed by atoms with van der Waals surface area (Å²) in [5, 5.41) is 23.4. The van der Waals surface area contributed by atoms with Crippen molar-refractivity contribution in [2.24, 2.45) is 0 Å². The monoisotopic (exact) mass is 1070 g/mol. The van der Waals surface area contributed by atoms with Crippen LogP contribution in [0.5, 0.6) is 0 Å². The van der Waals surface area contributed by atoms with Gasteiger partial charge >= 0.3 is 5.97 Å². The molecule has 3 N–H and O–H groups in total. The van der Waals surface area contributed by atoms with Crippen LogP contribution in [-0.4, -0.2) is 47.4 Å². The van der Waals surface area contributed by atoms with Gasteiger partial charge in [-0.15, -0.1) is 0 Å². The van der Waals surface area contributed by atoms with Crippen LogP contribution in [0.2, 0.25) is 0 Å². The van der Waals surface area contributed by atoms with Gasteiger partial charge in [0.2, 0.25) is 5.91 Å². The van der Waals surface area contributed by atoms with Crippen molar-refractivity contribution in [3.8, 4) is 0 Å². The van der Waals surface area contributed by atoms with Gasteiger partial charge in [0.15, 0.2) is 0 Å². The summed E-state index contributed by atoms with van der Waals surface area (Å²) in [6, 6.07) is -0.549. The summed E-state index contributed by atoms with van der Waals surface area (Å²) in [5.74, 6) is -0.0445. The SMILES string of the molecule is CCCCC/C=C\C/C=C\CCCCCCCC(=O)OCCCCCCCCCCCC/C=C\CCCCCCCCCC(=O)NC(CO)C(O)CCCCCCCCCCCCCCCCCCCCCCCCC. The van der Waals surface area contributed by atoms with Crippen LogP contribution >= 0.6 is 0 Å². The highest BCUT2D eigenvalue weighted by molar-refractivity contribution is 5.76. The molecule has 0 aromatic carbocycles. The van der Waals surface area contributed by atoms with Crippen molar-refractivity contribution in [1.82, 2.24) is 5.32 Å². The number of hydrogen-bond donors (Lipinski definition) is 3. The Morgan fingerprint density at radius 1 is 0.368 bits per heavy atom. The first kappa shape index (κ1) is 74.1. The third kappa shape index (κ3) is 61.3. The van der Waals surface area contributed by atoms with E-state index in [1.807, 2.05) is 0 Å². The number of carbonyl (C=O) groups is 2. The lowest BCUT2D eigenvalue weighted by Crippen LogP contribution is -2.45. The van der Waals surface area contributed by atoms with E-state index in [-0.39, 0.29) is 18.5 Å². The number of esters is 1. The second-order valence-corrected chi connectivity index (χ2v) is 23.5. The molecule has 0 heterocycles. The smallest absolute Gasteiger partial charge is 0.305 e. The fourth-order valence-electron chi connectivity index (χ4n) is 10.7. The molecule has 76 heavy (non-hydrogen) atoms. The molecule has 0 aliphatic heterocycles. The van der Waals surface area contributed by atoms with Crippen LogP contribution in [0.3, 0.4) is 0 Å². The Labute approximate surface area is 474 Å². The van der Waals surface area contributed by atoms with E-state index in [0.29, 0.717) is 25.9 Å². The van der Waals surface area contributed by atoms with Crippen molar-refractivity contribution in [2.45, 2.75) is 386 Å². The molecular weight excluding hydrogens is 935 g/mol. The lowest BCUT2D eigenvalue weighted by atomic mass is 10.0. The summed E-state index contributed by atoms with van der Waals surface area (Å²) in [5.41, 5.74) is 0. The summed E-state index contributed by atoms with van der Waals surface area (Å²) in [7, 11) is 0. The van der Waals surface area contributed by atoms with Gasteiger partial charge in [0.1, 0.15) is 0 Å². The van der Waals surface area contributed by atoms with E-state index in [1.54, 1.807) is 0 Å². The van der Waals surface area contributed by atoms with E-state index in [4.69, 9.17) is 4.74 Å². The molecule has 0 radical (unpaired) electrons. The molecule has 0 saturated carbocycles. The molecule has 0 aromatic rings. The molecular formula is C70H133NO5. The lowest BCUT2D eigenvalue weighted by molar-refractivity contribution is -0.143. The van der Waals surface area contributed by atoms with Crippen LogP contribution in [0, 0.1) is 0 Å². The maximum Gasteiger partial charge on any atom is 0.305 e. The maximum absolute atomic E-state index is 12.5. The molecule has 0 bridgehead atoms. The number of aliphatic hydroxyl groups is 2. The zero-order chi connectivity index (χ0) is 55.0. The summed E-state index contributed by atoms with van der Waals surface area (Å²) >= 11 is 0. The van der Waals surface area contributed by atoms with Gasteiger partial charge in [-0.05, 0) is 83.5 Å². The minimum Gasteiger partial charge on any atom is -0.466 e. The Morgan fingerprint density at radius 2 is 0.658 bits per heavy atom. The first-order chi connectivity index (χ1) is 37.5. The van der Waals surface area contributed by atoms with Crippen LogP contribution < -0.4 is 5.32 Å². The van der Waals surface area contributed by atoms with Crippen LogP contribution in [0.1, 0.15) is 373 Å². The largest absolute Gasteiger partial charge is 0.466 e. The second kappa shape index (κ2) is 65.6. The summed E-state index contributed by atoms with van der Waals surface area (Å²) in [4.78, 5) is 24.6. The van der Waals surface area contributed by atoms with Crippen LogP contribution in [-0.2, 0) is 14.3 Å². The van der Waals surface area contributed by atoms with E-state index in [0.717, 1.165) is 51.4 Å². The van der Waals surface area contributed by atoms with E-state index in [9.17, 15) is 19.8 Å². The number of rotatable bonds is 64. The molecule has 2 unspecified atom stereocenters. The molecule has 0 aliphatic rings. The molecule has 0 spiro atoms. The molecule has 448 valence electrons. The lowest BCUT2D eigenvalue weighted by Gasteiger charge is -2.22. The average Bonchev–Trinajstić information content (AvgIpc) is 3.42. The predicted octanol–water partition coefficient (Wildman–Crippen LogP) is 21.9. The van der Waals surface area contributed by atoms with E-state index < -0.39 is 12.1 Å². The number of nitrogens with one attached hydrogen (secondary N) is 1. The second-order valence-electron chi connectivity index (χ2n) is 23.5. The minimum absolute atomic E-state index is 0.00520. The standard InChI is InChI=1S/C70H133NO5/c1-3-5-7-9-11-13-15-17-19-20-21-22-23-25-28-31-35-38-42-46-50-54-58-62-68(73)67(66-72)71-69(74)63-59-55-51-47-43-39-36-32-29-26-24-27-30-33-37-41-45-49-53-57-61-65-76-70(75)64-60-56-52-48-44-40-34-18-16-14-12-10-8-6-4-2/h12,14,18,26,29,34,67-68,72-73H,3-11,13,15-17,19-25,27-28,30-33,35-66H2,1-2H3,(H,71,74)/b14-12-,29-26-,34-18-. The van der Waals surface area contributed by atoms with E-state index in [2.05, 4.69) is 55.6 Å². The Balaban J connectivity index is 3.43.